The molecule has 0 atom stereocenters. The van der Waals surface area contributed by atoms with Gasteiger partial charge in [-0.2, -0.15) is 0 Å². The third kappa shape index (κ3) is 1.51. The van der Waals surface area contributed by atoms with Crippen LogP contribution in [0.3, 0.4) is 0 Å². The third-order valence-corrected chi connectivity index (χ3v) is 3.19. The Kier molecular flexibility index (Phi) is 2.17. The molecule has 0 spiro atoms. The first-order valence-corrected chi connectivity index (χ1v) is 6.07. The Morgan fingerprint density at radius 1 is 0.850 bits per heavy atom. The van der Waals surface area contributed by atoms with Crippen molar-refractivity contribution in [1.82, 2.24) is 20.3 Å². The number of nitrogens with two attached hydrogens (primary N) is 1. The normalized spacial score (nSPS) is 11.2. The van der Waals surface area contributed by atoms with Gasteiger partial charge in [-0.1, -0.05) is 42.5 Å². The van der Waals surface area contributed by atoms with Gasteiger partial charge in [0.15, 0.2) is 5.82 Å². The first kappa shape index (κ1) is 10.9. The second-order valence-electron chi connectivity index (χ2n) is 4.40. The molecular weight excluding hydrogens is 254 g/mol. The van der Waals surface area contributed by atoms with Crippen molar-refractivity contribution in [3.63, 3.8) is 0 Å². The van der Waals surface area contributed by atoms with Crippen molar-refractivity contribution in [2.24, 2.45) is 0 Å². The van der Waals surface area contributed by atoms with Gasteiger partial charge in [-0.05, 0) is 21.1 Å². The van der Waals surface area contributed by atoms with Crippen LogP contribution >= 0.6 is 0 Å². The van der Waals surface area contributed by atoms with E-state index in [9.17, 15) is 0 Å². The quantitative estimate of drug-likeness (QED) is 0.567. The van der Waals surface area contributed by atoms with E-state index in [-0.39, 0.29) is 0 Å². The number of nitrogen functional groups attached to an aromatic ring is 1. The maximum absolute atomic E-state index is 5.99. The average molecular weight is 263 g/mol. The van der Waals surface area contributed by atoms with Crippen molar-refractivity contribution in [2.75, 3.05) is 5.73 Å². The Balaban J connectivity index is 2.07. The molecule has 0 aliphatic carbocycles. The first-order valence-electron chi connectivity index (χ1n) is 6.07. The topological polar surface area (TPSA) is 90.7 Å². The van der Waals surface area contributed by atoms with E-state index in [4.69, 9.17) is 5.73 Å². The smallest absolute Gasteiger partial charge is 0.245 e. The van der Waals surface area contributed by atoms with Crippen molar-refractivity contribution in [1.29, 1.82) is 0 Å². The van der Waals surface area contributed by atoms with E-state index in [0.717, 1.165) is 16.3 Å². The minimum absolute atomic E-state index is 0.310. The van der Waals surface area contributed by atoms with Gasteiger partial charge in [0.1, 0.15) is 5.69 Å². The molecule has 0 fully saturated rings. The van der Waals surface area contributed by atoms with Crippen molar-refractivity contribution < 1.29 is 4.63 Å². The zero-order valence-electron chi connectivity index (χ0n) is 10.3. The molecule has 0 bridgehead atoms. The summed E-state index contributed by atoms with van der Waals surface area (Å²) >= 11 is 0. The maximum atomic E-state index is 5.99. The number of benzene rings is 2. The van der Waals surface area contributed by atoms with Gasteiger partial charge in [0, 0.05) is 5.56 Å². The molecule has 6 nitrogen and oxygen atoms in total. The van der Waals surface area contributed by atoms with Crippen LogP contribution in [0.25, 0.3) is 33.3 Å². The largest absolute Gasteiger partial charge is 0.382 e. The summed E-state index contributed by atoms with van der Waals surface area (Å²) in [5, 5.41) is 9.52. The van der Waals surface area contributed by atoms with Gasteiger partial charge in [-0.15, -0.1) is 0 Å². The van der Waals surface area contributed by atoms with E-state index >= 15 is 0 Å². The van der Waals surface area contributed by atoms with Gasteiger partial charge in [0.25, 0.3) is 0 Å². The van der Waals surface area contributed by atoms with Crippen molar-refractivity contribution >= 4 is 27.9 Å². The van der Waals surface area contributed by atoms with Crippen LogP contribution in [0.15, 0.2) is 47.1 Å². The predicted octanol–water partition coefficient (Wildman–Crippen LogP) is 2.42. The maximum Gasteiger partial charge on any atom is 0.245 e. The highest BCUT2D eigenvalue weighted by atomic mass is 16.6. The zero-order chi connectivity index (χ0) is 13.5. The predicted molar refractivity (Wildman–Crippen MR) is 74.7 cm³/mol. The minimum Gasteiger partial charge on any atom is -0.382 e. The fourth-order valence-electron chi connectivity index (χ4n) is 2.28. The van der Waals surface area contributed by atoms with Crippen LogP contribution in [0.5, 0.6) is 0 Å². The fourth-order valence-corrected chi connectivity index (χ4v) is 2.28. The lowest BCUT2D eigenvalue weighted by atomic mass is 10.0. The van der Waals surface area contributed by atoms with E-state index in [2.05, 4.69) is 24.9 Å². The Morgan fingerprint density at radius 3 is 2.50 bits per heavy atom. The van der Waals surface area contributed by atoms with Gasteiger partial charge >= 0.3 is 0 Å². The highest BCUT2D eigenvalue weighted by molar-refractivity contribution is 5.98. The molecule has 6 heteroatoms. The Hall–Kier alpha value is -3.02. The Bertz CT molecular complexity index is 926. The molecule has 2 aromatic carbocycles. The third-order valence-electron chi connectivity index (χ3n) is 3.19. The lowest BCUT2D eigenvalue weighted by Gasteiger charge is -2.07. The summed E-state index contributed by atoms with van der Waals surface area (Å²) in [4.78, 5) is 8.57. The number of rotatable bonds is 1. The van der Waals surface area contributed by atoms with Crippen molar-refractivity contribution in [3.8, 4) is 11.3 Å². The van der Waals surface area contributed by atoms with Crippen LogP contribution in [0, 0.1) is 0 Å². The lowest BCUT2D eigenvalue weighted by Crippen LogP contribution is -1.98. The molecule has 0 radical (unpaired) electrons. The van der Waals surface area contributed by atoms with Crippen LogP contribution in [-0.4, -0.2) is 20.3 Å². The molecular formula is C14H9N5O. The number of nitrogens with zero attached hydrogens (tertiary/aromatic N) is 4. The Labute approximate surface area is 113 Å². The van der Waals surface area contributed by atoms with E-state index in [0.29, 0.717) is 22.8 Å². The number of aromatic nitrogens is 4. The van der Waals surface area contributed by atoms with E-state index in [1.165, 1.54) is 0 Å². The molecule has 4 rings (SSSR count). The fraction of sp³-hybridized carbons (Fsp3) is 0. The molecule has 0 unspecified atom stereocenters. The van der Waals surface area contributed by atoms with Crippen molar-refractivity contribution in [3.05, 3.63) is 42.5 Å². The molecule has 96 valence electrons. The summed E-state index contributed by atoms with van der Waals surface area (Å²) in [7, 11) is 0. The number of fused-ring (bicyclic) bond motifs is 2. The average Bonchev–Trinajstić information content (AvgIpc) is 2.93. The van der Waals surface area contributed by atoms with E-state index < -0.39 is 0 Å². The van der Waals surface area contributed by atoms with Crippen LogP contribution < -0.4 is 5.73 Å². The zero-order valence-corrected chi connectivity index (χ0v) is 10.3. The molecule has 0 saturated carbocycles. The second kappa shape index (κ2) is 3.99. The summed E-state index contributed by atoms with van der Waals surface area (Å²) in [6, 6.07) is 14.0. The summed E-state index contributed by atoms with van der Waals surface area (Å²) in [5.41, 5.74) is 8.15. The van der Waals surface area contributed by atoms with E-state index in [1.807, 2.05) is 42.5 Å². The van der Waals surface area contributed by atoms with Crippen LogP contribution in [0.2, 0.25) is 0 Å². The summed E-state index contributed by atoms with van der Waals surface area (Å²) in [6.07, 6.45) is 0. The molecule has 0 saturated heterocycles. The Morgan fingerprint density at radius 2 is 1.60 bits per heavy atom. The minimum atomic E-state index is 0.310. The molecule has 0 aliphatic heterocycles. The molecule has 20 heavy (non-hydrogen) atoms. The number of hydrogen-bond donors (Lipinski definition) is 1. The van der Waals surface area contributed by atoms with Gasteiger partial charge in [0.2, 0.25) is 11.3 Å². The molecule has 0 aliphatic rings. The lowest BCUT2D eigenvalue weighted by molar-refractivity contribution is 0.314. The highest BCUT2D eigenvalue weighted by Gasteiger charge is 2.13. The standard InChI is InChI=1S/C14H9N5O/c15-12-11(16-13-14(17-12)19-20-18-13)10-7-3-5-8-4-1-2-6-9(8)10/h1-7H,(H2,15,17,19). The van der Waals surface area contributed by atoms with Gasteiger partial charge in [0.05, 0.1) is 0 Å². The molecule has 2 N–H and O–H groups in total. The second-order valence-corrected chi connectivity index (χ2v) is 4.40. The SMILES string of the molecule is Nc1nc2nonc2nc1-c1cccc2ccccc12. The summed E-state index contributed by atoms with van der Waals surface area (Å²) in [5.74, 6) is 0.310. The molecule has 2 heterocycles. The van der Waals surface area contributed by atoms with Gasteiger partial charge in [-0.3, -0.25) is 0 Å². The molecule has 2 aromatic heterocycles. The number of anilines is 1. The van der Waals surface area contributed by atoms with Gasteiger partial charge < -0.3 is 5.73 Å². The first-order chi connectivity index (χ1) is 9.83. The van der Waals surface area contributed by atoms with Gasteiger partial charge in [-0.25, -0.2) is 14.6 Å². The highest BCUT2D eigenvalue weighted by Crippen LogP contribution is 2.30. The van der Waals surface area contributed by atoms with Crippen LogP contribution in [0.4, 0.5) is 5.82 Å². The van der Waals surface area contributed by atoms with E-state index in [1.54, 1.807) is 0 Å². The van der Waals surface area contributed by atoms with Crippen LogP contribution in [-0.2, 0) is 0 Å². The summed E-state index contributed by atoms with van der Waals surface area (Å²) < 4.78 is 4.62. The number of hydrogen-bond acceptors (Lipinski definition) is 6. The summed E-state index contributed by atoms with van der Waals surface area (Å²) in [6.45, 7) is 0. The monoisotopic (exact) mass is 263 g/mol. The van der Waals surface area contributed by atoms with Crippen molar-refractivity contribution in [2.45, 2.75) is 0 Å². The molecule has 0 amide bonds. The molecule has 4 aromatic rings. The van der Waals surface area contributed by atoms with Crippen LogP contribution in [0.1, 0.15) is 0 Å².